The summed E-state index contributed by atoms with van der Waals surface area (Å²) in [7, 11) is 0. The summed E-state index contributed by atoms with van der Waals surface area (Å²) in [4.78, 5) is 24.5. The maximum Gasteiger partial charge on any atom is 0.305 e. The molecule has 0 aliphatic carbocycles. The summed E-state index contributed by atoms with van der Waals surface area (Å²) in [6, 6.07) is -0.752. The van der Waals surface area contributed by atoms with E-state index >= 15 is 0 Å². The van der Waals surface area contributed by atoms with Gasteiger partial charge in [-0.1, -0.05) is 13.8 Å². The fourth-order valence-corrected chi connectivity index (χ4v) is 2.85. The minimum absolute atomic E-state index is 0.00353. The monoisotopic (exact) mass is 260 g/mol. The Hall–Kier alpha value is -0.750. The maximum atomic E-state index is 12.1. The first-order valence-corrected chi connectivity index (χ1v) is 6.94. The summed E-state index contributed by atoms with van der Waals surface area (Å²) in [5.74, 6) is 0.623. The van der Waals surface area contributed by atoms with Gasteiger partial charge in [-0.15, -0.1) is 0 Å². The van der Waals surface area contributed by atoms with E-state index in [0.29, 0.717) is 12.3 Å². The summed E-state index contributed by atoms with van der Waals surface area (Å²) in [6.07, 6.45) is 0.00353. The van der Waals surface area contributed by atoms with Gasteiger partial charge in [0.15, 0.2) is 0 Å². The fourth-order valence-electron chi connectivity index (χ4n) is 1.79. The van der Waals surface area contributed by atoms with Gasteiger partial charge >= 0.3 is 5.97 Å². The summed E-state index contributed by atoms with van der Waals surface area (Å²) < 4.78 is 0. The molecular formula is C11H20N2O3S. The molecule has 3 N–H and O–H groups in total. The topological polar surface area (TPSA) is 83.6 Å². The minimum Gasteiger partial charge on any atom is -0.481 e. The number of carbonyl (C=O) groups is 2. The lowest BCUT2D eigenvalue weighted by Crippen LogP contribution is -2.54. The average molecular weight is 260 g/mol. The molecule has 0 aromatic carbocycles. The predicted molar refractivity (Wildman–Crippen MR) is 67.9 cm³/mol. The van der Waals surface area contributed by atoms with Gasteiger partial charge in [-0.25, -0.2) is 0 Å². The molecule has 6 heteroatoms. The third-order valence-corrected chi connectivity index (χ3v) is 4.02. The van der Waals surface area contributed by atoms with Crippen molar-refractivity contribution in [3.8, 4) is 0 Å². The molecule has 2 atom stereocenters. The van der Waals surface area contributed by atoms with Crippen molar-refractivity contribution >= 4 is 23.6 Å². The Bertz CT molecular complexity index is 296. The minimum atomic E-state index is -0.867. The normalized spacial score (nSPS) is 22.6. The SMILES string of the molecule is CC(C)[C@H](N)C(=O)N1CCSCC1CC(=O)O. The van der Waals surface area contributed by atoms with E-state index in [9.17, 15) is 9.59 Å². The number of rotatable bonds is 4. The van der Waals surface area contributed by atoms with Gasteiger partial charge < -0.3 is 15.7 Å². The van der Waals surface area contributed by atoms with Crippen LogP contribution in [0.3, 0.4) is 0 Å². The summed E-state index contributed by atoms with van der Waals surface area (Å²) in [6.45, 7) is 4.39. The third kappa shape index (κ3) is 3.89. The van der Waals surface area contributed by atoms with E-state index in [1.807, 2.05) is 13.8 Å². The number of thioether (sulfide) groups is 1. The molecule has 0 aromatic heterocycles. The Morgan fingerprint density at radius 2 is 2.18 bits per heavy atom. The molecule has 0 aromatic rings. The first kappa shape index (κ1) is 14.3. The number of hydrogen-bond acceptors (Lipinski definition) is 4. The van der Waals surface area contributed by atoms with Crippen LogP contribution in [0.5, 0.6) is 0 Å². The van der Waals surface area contributed by atoms with Crippen LogP contribution in [0.25, 0.3) is 0 Å². The molecule has 98 valence electrons. The van der Waals surface area contributed by atoms with Crippen molar-refractivity contribution in [2.24, 2.45) is 11.7 Å². The predicted octanol–water partition coefficient (Wildman–Crippen LogP) is 0.388. The van der Waals surface area contributed by atoms with Crippen LogP contribution in [-0.4, -0.2) is 52.0 Å². The molecule has 17 heavy (non-hydrogen) atoms. The molecule has 0 bridgehead atoms. The van der Waals surface area contributed by atoms with Gasteiger partial charge in [0.2, 0.25) is 5.91 Å². The fraction of sp³-hybridized carbons (Fsp3) is 0.818. The van der Waals surface area contributed by atoms with E-state index in [4.69, 9.17) is 10.8 Å². The molecule has 0 radical (unpaired) electrons. The summed E-state index contributed by atoms with van der Waals surface area (Å²) in [5.41, 5.74) is 5.84. The Labute approximate surface area is 106 Å². The highest BCUT2D eigenvalue weighted by atomic mass is 32.2. The van der Waals surface area contributed by atoms with Gasteiger partial charge in [-0.3, -0.25) is 9.59 Å². The van der Waals surface area contributed by atoms with Gasteiger partial charge in [0.25, 0.3) is 0 Å². The van der Waals surface area contributed by atoms with E-state index in [-0.39, 0.29) is 24.3 Å². The summed E-state index contributed by atoms with van der Waals surface area (Å²) in [5, 5.41) is 8.83. The van der Waals surface area contributed by atoms with Crippen LogP contribution < -0.4 is 5.73 Å². The van der Waals surface area contributed by atoms with Crippen LogP contribution in [0, 0.1) is 5.92 Å². The Morgan fingerprint density at radius 1 is 1.53 bits per heavy atom. The van der Waals surface area contributed by atoms with E-state index < -0.39 is 12.0 Å². The molecule has 1 unspecified atom stereocenters. The van der Waals surface area contributed by atoms with E-state index in [2.05, 4.69) is 0 Å². The molecule has 1 saturated heterocycles. The second kappa shape index (κ2) is 6.26. The van der Waals surface area contributed by atoms with Crippen LogP contribution in [0.1, 0.15) is 20.3 Å². The van der Waals surface area contributed by atoms with Crippen molar-refractivity contribution in [3.05, 3.63) is 0 Å². The second-order valence-electron chi connectivity index (χ2n) is 4.63. The van der Waals surface area contributed by atoms with Gasteiger partial charge in [0.1, 0.15) is 0 Å². The number of nitrogens with zero attached hydrogens (tertiary/aromatic N) is 1. The first-order chi connectivity index (χ1) is 7.93. The zero-order valence-corrected chi connectivity index (χ0v) is 11.1. The lowest BCUT2D eigenvalue weighted by atomic mass is 10.0. The third-order valence-electron chi connectivity index (χ3n) is 2.92. The largest absolute Gasteiger partial charge is 0.481 e. The average Bonchev–Trinajstić information content (AvgIpc) is 2.27. The molecule has 5 nitrogen and oxygen atoms in total. The lowest BCUT2D eigenvalue weighted by molar-refractivity contribution is -0.141. The molecule has 1 aliphatic heterocycles. The molecule has 1 amide bonds. The van der Waals surface area contributed by atoms with Gasteiger partial charge in [-0.05, 0) is 5.92 Å². The highest BCUT2D eigenvalue weighted by Gasteiger charge is 2.32. The molecule has 1 aliphatic rings. The second-order valence-corrected chi connectivity index (χ2v) is 5.78. The molecule has 1 fully saturated rings. The van der Waals surface area contributed by atoms with Crippen molar-refractivity contribution < 1.29 is 14.7 Å². The molecule has 0 saturated carbocycles. The smallest absolute Gasteiger partial charge is 0.305 e. The zero-order valence-electron chi connectivity index (χ0n) is 10.3. The first-order valence-electron chi connectivity index (χ1n) is 5.79. The number of aliphatic carboxylic acids is 1. The molecule has 1 heterocycles. The van der Waals surface area contributed by atoms with Crippen LogP contribution in [0.4, 0.5) is 0 Å². The van der Waals surface area contributed by atoms with Gasteiger partial charge in [0.05, 0.1) is 18.5 Å². The number of nitrogens with two attached hydrogens (primary N) is 1. The number of carboxylic acid groups (broad SMARTS) is 1. The summed E-state index contributed by atoms with van der Waals surface area (Å²) >= 11 is 1.69. The number of carbonyl (C=O) groups excluding carboxylic acids is 1. The van der Waals surface area contributed by atoms with Crippen LogP contribution in [-0.2, 0) is 9.59 Å². The van der Waals surface area contributed by atoms with Gasteiger partial charge in [0, 0.05) is 18.1 Å². The van der Waals surface area contributed by atoms with Crippen molar-refractivity contribution in [3.63, 3.8) is 0 Å². The molecule has 1 rings (SSSR count). The van der Waals surface area contributed by atoms with Crippen LogP contribution >= 0.6 is 11.8 Å². The number of amides is 1. The molecule has 0 spiro atoms. The van der Waals surface area contributed by atoms with E-state index in [0.717, 1.165) is 5.75 Å². The standard InChI is InChI=1S/C11H20N2O3S/c1-7(2)10(12)11(16)13-3-4-17-6-8(13)5-9(14)15/h7-8,10H,3-6,12H2,1-2H3,(H,14,15)/t8?,10-/m0/s1. The Kier molecular flexibility index (Phi) is 5.27. The van der Waals surface area contributed by atoms with Crippen molar-refractivity contribution in [1.29, 1.82) is 0 Å². The number of carboxylic acids is 1. The maximum absolute atomic E-state index is 12.1. The number of hydrogen-bond donors (Lipinski definition) is 2. The lowest BCUT2D eigenvalue weighted by Gasteiger charge is -2.36. The quantitative estimate of drug-likeness (QED) is 0.764. The highest BCUT2D eigenvalue weighted by molar-refractivity contribution is 7.99. The van der Waals surface area contributed by atoms with Crippen molar-refractivity contribution in [2.45, 2.75) is 32.4 Å². The molecular weight excluding hydrogens is 240 g/mol. The van der Waals surface area contributed by atoms with Crippen LogP contribution in [0.2, 0.25) is 0 Å². The van der Waals surface area contributed by atoms with E-state index in [1.165, 1.54) is 0 Å². The van der Waals surface area contributed by atoms with E-state index in [1.54, 1.807) is 16.7 Å². The highest BCUT2D eigenvalue weighted by Crippen LogP contribution is 2.20. The van der Waals surface area contributed by atoms with Gasteiger partial charge in [-0.2, -0.15) is 11.8 Å². The van der Waals surface area contributed by atoms with Crippen molar-refractivity contribution in [1.82, 2.24) is 4.90 Å². The van der Waals surface area contributed by atoms with Crippen molar-refractivity contribution in [2.75, 3.05) is 18.1 Å². The Morgan fingerprint density at radius 3 is 2.71 bits per heavy atom. The zero-order chi connectivity index (χ0) is 13.0. The Balaban J connectivity index is 2.70. The van der Waals surface area contributed by atoms with Crippen LogP contribution in [0.15, 0.2) is 0 Å².